The van der Waals surface area contributed by atoms with Gasteiger partial charge in [0.05, 0.1) is 11.8 Å². The molecule has 0 amide bonds. The average Bonchev–Trinajstić information content (AvgIpc) is 2.77. The summed E-state index contributed by atoms with van der Waals surface area (Å²) in [6.45, 7) is 4.55. The van der Waals surface area contributed by atoms with Crippen LogP contribution in [0.2, 0.25) is 0 Å². The zero-order chi connectivity index (χ0) is 14.5. The van der Waals surface area contributed by atoms with Crippen molar-refractivity contribution < 1.29 is 4.74 Å². The van der Waals surface area contributed by atoms with E-state index in [9.17, 15) is 0 Å². The topological polar surface area (TPSA) is 62.9 Å². The summed E-state index contributed by atoms with van der Waals surface area (Å²) in [6.07, 6.45) is 3.72. The number of aryl methyl sites for hydroxylation is 1. The maximum Gasteiger partial charge on any atom is 0.237 e. The Kier molecular flexibility index (Phi) is 4.26. The Morgan fingerprint density at radius 1 is 1.50 bits per heavy atom. The second kappa shape index (κ2) is 6.11. The number of hydrogen-bond donors (Lipinski definition) is 1. The van der Waals surface area contributed by atoms with E-state index in [-0.39, 0.29) is 6.10 Å². The molecule has 0 fully saturated rings. The Morgan fingerprint density at radius 3 is 2.95 bits per heavy atom. The molecule has 0 aliphatic rings. The van der Waals surface area contributed by atoms with Gasteiger partial charge in [0.1, 0.15) is 11.8 Å². The van der Waals surface area contributed by atoms with Gasteiger partial charge in [-0.3, -0.25) is 0 Å². The number of ether oxygens (including phenoxy) is 1. The van der Waals surface area contributed by atoms with Gasteiger partial charge in [-0.2, -0.15) is 5.26 Å². The molecule has 0 spiro atoms. The molecule has 5 heteroatoms. The van der Waals surface area contributed by atoms with E-state index in [1.54, 1.807) is 6.20 Å². The summed E-state index contributed by atoms with van der Waals surface area (Å²) in [7, 11) is 1.86. The van der Waals surface area contributed by atoms with E-state index in [1.807, 2.05) is 49.9 Å². The molecule has 104 valence electrons. The molecule has 2 aromatic heterocycles. The highest BCUT2D eigenvalue weighted by Gasteiger charge is 2.07. The first-order valence-electron chi connectivity index (χ1n) is 6.51. The van der Waals surface area contributed by atoms with E-state index in [4.69, 9.17) is 10.00 Å². The smallest absolute Gasteiger partial charge is 0.237 e. The molecule has 0 aromatic carbocycles. The minimum absolute atomic E-state index is 0.0763. The van der Waals surface area contributed by atoms with Crippen molar-refractivity contribution in [1.82, 2.24) is 9.55 Å². The Hall–Kier alpha value is -2.48. The molecule has 2 rings (SSSR count). The minimum atomic E-state index is 0.0763. The Bertz CT molecular complexity index is 625. The number of pyridine rings is 1. The molecule has 0 aliphatic heterocycles. The van der Waals surface area contributed by atoms with Crippen LogP contribution in [0.3, 0.4) is 0 Å². The van der Waals surface area contributed by atoms with Crippen LogP contribution in [0.4, 0.5) is 5.69 Å². The minimum Gasteiger partial charge on any atom is -0.473 e. The molecule has 1 N–H and O–H groups in total. The summed E-state index contributed by atoms with van der Waals surface area (Å²) in [5, 5.41) is 12.2. The zero-order valence-corrected chi connectivity index (χ0v) is 11.9. The normalized spacial score (nSPS) is 10.3. The fourth-order valence-corrected chi connectivity index (χ4v) is 1.88. The molecule has 2 heterocycles. The Labute approximate surface area is 118 Å². The number of nitrogens with one attached hydrogen (secondary N) is 1. The molecule has 2 aromatic rings. The maximum atomic E-state index is 8.94. The summed E-state index contributed by atoms with van der Waals surface area (Å²) in [5.41, 5.74) is 2.54. The molecule has 0 atom stereocenters. The molecule has 0 unspecified atom stereocenters. The number of nitriles is 1. The van der Waals surface area contributed by atoms with Gasteiger partial charge in [-0.25, -0.2) is 4.98 Å². The first kappa shape index (κ1) is 13.9. The SMILES string of the molecule is CC(C)Oc1ncccc1NCc1cc(C#N)n(C)c1. The van der Waals surface area contributed by atoms with Gasteiger partial charge in [0.15, 0.2) is 0 Å². The molecule has 0 radical (unpaired) electrons. The van der Waals surface area contributed by atoms with E-state index in [2.05, 4.69) is 16.4 Å². The predicted octanol–water partition coefficient (Wildman–Crippen LogP) is 2.69. The van der Waals surface area contributed by atoms with Crippen molar-refractivity contribution in [2.24, 2.45) is 7.05 Å². The van der Waals surface area contributed by atoms with Gasteiger partial charge in [0, 0.05) is 26.0 Å². The van der Waals surface area contributed by atoms with Gasteiger partial charge in [-0.05, 0) is 37.6 Å². The summed E-state index contributed by atoms with van der Waals surface area (Å²) >= 11 is 0. The third-order valence-electron chi connectivity index (χ3n) is 2.78. The van der Waals surface area contributed by atoms with Crippen molar-refractivity contribution in [3.05, 3.63) is 41.9 Å². The van der Waals surface area contributed by atoms with Crippen molar-refractivity contribution in [3.8, 4) is 11.9 Å². The lowest BCUT2D eigenvalue weighted by atomic mass is 10.3. The molecule has 20 heavy (non-hydrogen) atoms. The maximum absolute atomic E-state index is 8.94. The van der Waals surface area contributed by atoms with Crippen LogP contribution in [0, 0.1) is 11.3 Å². The molecule has 0 aliphatic carbocycles. The molecule has 0 saturated carbocycles. The monoisotopic (exact) mass is 270 g/mol. The summed E-state index contributed by atoms with van der Waals surface area (Å²) in [6, 6.07) is 7.81. The van der Waals surface area contributed by atoms with Crippen LogP contribution < -0.4 is 10.1 Å². The van der Waals surface area contributed by atoms with Gasteiger partial charge in [-0.15, -0.1) is 0 Å². The molecule has 0 bridgehead atoms. The molecular formula is C15H18N4O. The first-order valence-corrected chi connectivity index (χ1v) is 6.51. The molecule has 5 nitrogen and oxygen atoms in total. The van der Waals surface area contributed by atoms with Crippen LogP contribution in [0.15, 0.2) is 30.6 Å². The summed E-state index contributed by atoms with van der Waals surface area (Å²) in [4.78, 5) is 4.23. The van der Waals surface area contributed by atoms with Gasteiger partial charge in [0.2, 0.25) is 5.88 Å². The van der Waals surface area contributed by atoms with Crippen LogP contribution in [0.25, 0.3) is 0 Å². The fraction of sp³-hybridized carbons (Fsp3) is 0.333. The van der Waals surface area contributed by atoms with Gasteiger partial charge < -0.3 is 14.6 Å². The van der Waals surface area contributed by atoms with Crippen molar-refractivity contribution in [3.63, 3.8) is 0 Å². The van der Waals surface area contributed by atoms with Gasteiger partial charge >= 0.3 is 0 Å². The van der Waals surface area contributed by atoms with E-state index < -0.39 is 0 Å². The van der Waals surface area contributed by atoms with Gasteiger partial charge in [-0.1, -0.05) is 0 Å². The lowest BCUT2D eigenvalue weighted by molar-refractivity contribution is 0.234. The number of rotatable bonds is 5. The van der Waals surface area contributed by atoms with E-state index in [1.165, 1.54) is 0 Å². The number of hydrogen-bond acceptors (Lipinski definition) is 4. The number of nitrogens with zero attached hydrogens (tertiary/aromatic N) is 3. The van der Waals surface area contributed by atoms with Crippen LogP contribution in [-0.2, 0) is 13.6 Å². The zero-order valence-electron chi connectivity index (χ0n) is 11.9. The third-order valence-corrected chi connectivity index (χ3v) is 2.78. The fourth-order valence-electron chi connectivity index (χ4n) is 1.88. The second-order valence-corrected chi connectivity index (χ2v) is 4.83. The predicted molar refractivity (Wildman–Crippen MR) is 77.5 cm³/mol. The number of anilines is 1. The quantitative estimate of drug-likeness (QED) is 0.907. The molecular weight excluding hydrogens is 252 g/mol. The van der Waals surface area contributed by atoms with E-state index >= 15 is 0 Å². The first-order chi connectivity index (χ1) is 9.60. The Morgan fingerprint density at radius 2 is 2.30 bits per heavy atom. The lowest BCUT2D eigenvalue weighted by Crippen LogP contribution is -2.09. The van der Waals surface area contributed by atoms with E-state index in [0.717, 1.165) is 11.3 Å². The lowest BCUT2D eigenvalue weighted by Gasteiger charge is -2.13. The van der Waals surface area contributed by atoms with Crippen molar-refractivity contribution in [1.29, 1.82) is 5.26 Å². The van der Waals surface area contributed by atoms with Crippen LogP contribution >= 0.6 is 0 Å². The summed E-state index contributed by atoms with van der Waals surface area (Å²) < 4.78 is 7.46. The Balaban J connectivity index is 2.08. The third kappa shape index (κ3) is 3.29. The highest BCUT2D eigenvalue weighted by molar-refractivity contribution is 5.52. The van der Waals surface area contributed by atoms with Crippen molar-refractivity contribution >= 4 is 5.69 Å². The second-order valence-electron chi connectivity index (χ2n) is 4.83. The van der Waals surface area contributed by atoms with Crippen LogP contribution in [-0.4, -0.2) is 15.7 Å². The largest absolute Gasteiger partial charge is 0.473 e. The van der Waals surface area contributed by atoms with Crippen LogP contribution in [0.1, 0.15) is 25.1 Å². The van der Waals surface area contributed by atoms with Crippen LogP contribution in [0.5, 0.6) is 5.88 Å². The standard InChI is InChI=1S/C15H18N4O/c1-11(2)20-15-14(5-4-6-17-15)18-9-12-7-13(8-16)19(3)10-12/h4-7,10-11,18H,9H2,1-3H3. The highest BCUT2D eigenvalue weighted by Crippen LogP contribution is 2.22. The van der Waals surface area contributed by atoms with E-state index in [0.29, 0.717) is 18.1 Å². The average molecular weight is 270 g/mol. The molecule has 0 saturated heterocycles. The highest BCUT2D eigenvalue weighted by atomic mass is 16.5. The van der Waals surface area contributed by atoms with Crippen molar-refractivity contribution in [2.45, 2.75) is 26.5 Å². The van der Waals surface area contributed by atoms with Crippen molar-refractivity contribution in [2.75, 3.05) is 5.32 Å². The number of aromatic nitrogens is 2. The van der Waals surface area contributed by atoms with Gasteiger partial charge in [0.25, 0.3) is 0 Å². The summed E-state index contributed by atoms with van der Waals surface area (Å²) in [5.74, 6) is 0.596.